The van der Waals surface area contributed by atoms with Crippen molar-refractivity contribution in [2.75, 3.05) is 0 Å². The average molecular weight is 697 g/mol. The zero-order valence-electron chi connectivity index (χ0n) is 25.0. The smallest absolute Gasteiger partial charge is 0.282 e. The van der Waals surface area contributed by atoms with Crippen LogP contribution in [0.3, 0.4) is 0 Å². The largest absolute Gasteiger partial charge is 0.296 e. The Labute approximate surface area is 277 Å². The van der Waals surface area contributed by atoms with Gasteiger partial charge in [0.2, 0.25) is 0 Å². The van der Waals surface area contributed by atoms with E-state index in [1.165, 1.54) is 33.1 Å². The first-order chi connectivity index (χ1) is 23.9. The topological polar surface area (TPSA) is 177 Å². The Morgan fingerprint density at radius 3 is 1.12 bits per heavy atom. The fraction of sp³-hybridized carbons (Fsp3) is 0. The van der Waals surface area contributed by atoms with E-state index >= 15 is 0 Å². The summed E-state index contributed by atoms with van der Waals surface area (Å²) in [6.45, 7) is 0. The summed E-state index contributed by atoms with van der Waals surface area (Å²) in [5, 5.41) is 8.17. The number of aromatic nitrogens is 4. The fourth-order valence-electron chi connectivity index (χ4n) is 8.19. The van der Waals surface area contributed by atoms with Crippen molar-refractivity contribution < 1.29 is 25.9 Å². The van der Waals surface area contributed by atoms with E-state index in [1.807, 2.05) is 36.4 Å². The van der Waals surface area contributed by atoms with E-state index < -0.39 is 41.1 Å². The Morgan fingerprint density at radius 1 is 0.440 bits per heavy atom. The van der Waals surface area contributed by atoms with Gasteiger partial charge in [-0.15, -0.1) is 0 Å². The summed E-state index contributed by atoms with van der Waals surface area (Å²) in [5.41, 5.74) is 0.196. The van der Waals surface area contributed by atoms with Crippen LogP contribution in [0.1, 0.15) is 0 Å². The van der Waals surface area contributed by atoms with E-state index in [-0.39, 0.29) is 33.4 Å². The number of para-hydroxylation sites is 2. The molecule has 12 nitrogen and oxygen atoms in total. The van der Waals surface area contributed by atoms with Gasteiger partial charge in [0.25, 0.3) is 31.4 Å². The van der Waals surface area contributed by atoms with Crippen LogP contribution in [0.15, 0.2) is 104 Å². The minimum Gasteiger partial charge on any atom is -0.282 e. The molecule has 4 heterocycles. The molecule has 11 aromatic rings. The summed E-state index contributed by atoms with van der Waals surface area (Å²) < 4.78 is 71.4. The van der Waals surface area contributed by atoms with Crippen LogP contribution in [0, 0.1) is 0 Å². The molecule has 0 atom stereocenters. The van der Waals surface area contributed by atoms with Gasteiger partial charge in [-0.1, -0.05) is 36.4 Å². The van der Waals surface area contributed by atoms with Crippen LogP contribution in [0.2, 0.25) is 0 Å². The number of hydrogen-bond acceptors (Lipinski definition) is 8. The zero-order valence-corrected chi connectivity index (χ0v) is 26.7. The first-order valence-corrected chi connectivity index (χ1v) is 18.1. The number of pyridine rings is 2. The van der Waals surface area contributed by atoms with E-state index in [1.54, 1.807) is 24.3 Å². The molecule has 0 bridgehead atoms. The molecular weight excluding hydrogens is 681 g/mol. The average Bonchev–Trinajstić information content (AvgIpc) is 3.68. The molecule has 0 fully saturated rings. The van der Waals surface area contributed by atoms with Crippen LogP contribution in [0.25, 0.3) is 98.0 Å². The molecular formula is C36H16N4O8S2. The molecule has 0 amide bonds. The third-order valence-corrected chi connectivity index (χ3v) is 11.9. The van der Waals surface area contributed by atoms with Crippen molar-refractivity contribution in [3.05, 3.63) is 106 Å². The zero-order chi connectivity index (χ0) is 34.2. The molecule has 0 aliphatic heterocycles. The third-order valence-electron chi connectivity index (χ3n) is 10.1. The van der Waals surface area contributed by atoms with Gasteiger partial charge >= 0.3 is 0 Å². The molecule has 2 N–H and O–H groups in total. The first kappa shape index (κ1) is 27.8. The maximum atomic E-state index is 14.2. The Morgan fingerprint density at radius 2 is 0.760 bits per heavy atom. The Balaban J connectivity index is 1.33. The number of nitrogens with zero attached hydrogens (tertiary/aromatic N) is 4. The van der Waals surface area contributed by atoms with Crippen LogP contribution in [-0.4, -0.2) is 44.7 Å². The van der Waals surface area contributed by atoms with Crippen molar-refractivity contribution in [1.82, 2.24) is 18.8 Å². The Hall–Kier alpha value is -6.06. The summed E-state index contributed by atoms with van der Waals surface area (Å²) in [6.07, 6.45) is 0. The van der Waals surface area contributed by atoms with E-state index in [9.17, 15) is 35.5 Å². The van der Waals surface area contributed by atoms with Crippen molar-refractivity contribution in [3.63, 3.8) is 0 Å². The lowest BCUT2D eigenvalue weighted by atomic mass is 9.86. The van der Waals surface area contributed by atoms with Crippen LogP contribution in [-0.2, 0) is 20.2 Å². The van der Waals surface area contributed by atoms with E-state index in [2.05, 4.69) is 9.97 Å². The molecule has 11 rings (SSSR count). The lowest BCUT2D eigenvalue weighted by Crippen LogP contribution is -2.14. The highest BCUT2D eigenvalue weighted by molar-refractivity contribution is 7.86. The normalized spacial score (nSPS) is 13.5. The number of benzene rings is 7. The highest BCUT2D eigenvalue weighted by Crippen LogP contribution is 2.46. The van der Waals surface area contributed by atoms with Crippen LogP contribution < -0.4 is 11.1 Å². The SMILES string of the molecule is O=c1c2ccc3c4ccc5c(=O)n6c7cccc(S(=O)(=O)O)c7nc6c6ccc(c7ccc(c2c37)c2nc3c(S(=O)(=O)O)cccc3n12)c4c56. The van der Waals surface area contributed by atoms with Gasteiger partial charge in [-0.25, -0.2) is 9.97 Å². The molecule has 50 heavy (non-hydrogen) atoms. The number of hydrogen-bond donors (Lipinski definition) is 2. The minimum atomic E-state index is -4.63. The molecule has 0 aliphatic rings. The van der Waals surface area contributed by atoms with Gasteiger partial charge in [0.1, 0.15) is 32.1 Å². The van der Waals surface area contributed by atoms with E-state index in [0.29, 0.717) is 32.3 Å². The summed E-state index contributed by atoms with van der Waals surface area (Å²) in [6, 6.07) is 23.3. The molecule has 4 aromatic heterocycles. The quantitative estimate of drug-likeness (QED) is 0.129. The van der Waals surface area contributed by atoms with Gasteiger partial charge in [-0.2, -0.15) is 16.8 Å². The molecule has 0 unspecified atom stereocenters. The lowest BCUT2D eigenvalue weighted by Gasteiger charge is -2.18. The summed E-state index contributed by atoms with van der Waals surface area (Å²) >= 11 is 0. The Kier molecular flexibility index (Phi) is 4.77. The molecule has 240 valence electrons. The van der Waals surface area contributed by atoms with Crippen LogP contribution in [0.4, 0.5) is 0 Å². The van der Waals surface area contributed by atoms with Crippen molar-refractivity contribution >= 4 is 118 Å². The molecule has 0 aliphatic carbocycles. The summed E-state index contributed by atoms with van der Waals surface area (Å²) in [4.78, 5) is 36.7. The number of rotatable bonds is 2. The van der Waals surface area contributed by atoms with Crippen molar-refractivity contribution in [2.24, 2.45) is 0 Å². The second-order valence-electron chi connectivity index (χ2n) is 12.5. The number of fused-ring (bicyclic) bond motifs is 10. The van der Waals surface area contributed by atoms with Gasteiger partial charge in [0.15, 0.2) is 0 Å². The van der Waals surface area contributed by atoms with Crippen molar-refractivity contribution in [1.29, 1.82) is 0 Å². The van der Waals surface area contributed by atoms with Crippen LogP contribution >= 0.6 is 0 Å². The van der Waals surface area contributed by atoms with E-state index in [4.69, 9.17) is 0 Å². The predicted molar refractivity (Wildman–Crippen MR) is 190 cm³/mol. The van der Waals surface area contributed by atoms with Gasteiger partial charge < -0.3 is 0 Å². The van der Waals surface area contributed by atoms with Gasteiger partial charge in [0.05, 0.1) is 11.0 Å². The third kappa shape index (κ3) is 3.13. The summed E-state index contributed by atoms with van der Waals surface area (Å²) in [7, 11) is -9.26. The molecule has 0 saturated heterocycles. The van der Waals surface area contributed by atoms with Gasteiger partial charge in [0, 0.05) is 32.3 Å². The van der Waals surface area contributed by atoms with Gasteiger partial charge in [-0.3, -0.25) is 27.5 Å². The molecule has 0 spiro atoms. The Bertz CT molecular complexity index is 3490. The van der Waals surface area contributed by atoms with Crippen LogP contribution in [0.5, 0.6) is 0 Å². The minimum absolute atomic E-state index is 0.0141. The highest BCUT2D eigenvalue weighted by atomic mass is 32.2. The molecule has 14 heteroatoms. The predicted octanol–water partition coefficient (Wildman–Crippen LogP) is 5.73. The lowest BCUT2D eigenvalue weighted by molar-refractivity contribution is 0.481. The second kappa shape index (κ2) is 8.56. The molecule has 0 radical (unpaired) electrons. The standard InChI is InChI=1S/C36H16N4O8S2/c41-35-21-13-9-17-18-10-14-22-30-20(34-38-32-24(40(34)36(22)42)4-2-6-26(32)50(46,47)48)12-8-16(28(18)30)15-7-11-19(29(21)27(15)17)33-37-31-23(39(33)35)3-1-5-25(31)49(43,44)45/h1-14H,(H,43,44,45)(H,46,47,48). The maximum absolute atomic E-state index is 14.2. The second-order valence-corrected chi connectivity index (χ2v) is 15.3. The first-order valence-electron chi connectivity index (χ1n) is 15.2. The maximum Gasteiger partial charge on any atom is 0.296 e. The fourth-order valence-corrected chi connectivity index (χ4v) is 9.48. The summed E-state index contributed by atoms with van der Waals surface area (Å²) in [5.74, 6) is 0. The van der Waals surface area contributed by atoms with Gasteiger partial charge in [-0.05, 0) is 80.8 Å². The monoisotopic (exact) mass is 696 g/mol. The molecule has 0 saturated carbocycles. The van der Waals surface area contributed by atoms with Crippen molar-refractivity contribution in [3.8, 4) is 0 Å². The van der Waals surface area contributed by atoms with E-state index in [0.717, 1.165) is 32.3 Å². The van der Waals surface area contributed by atoms with Crippen molar-refractivity contribution in [2.45, 2.75) is 9.79 Å². The highest BCUT2D eigenvalue weighted by Gasteiger charge is 2.26. The number of imidazole rings is 2. The molecule has 7 aromatic carbocycles.